The fourth-order valence-corrected chi connectivity index (χ4v) is 3.48. The lowest BCUT2D eigenvalue weighted by atomic mass is 9.86. The smallest absolute Gasteiger partial charge is 0.141 e. The van der Waals surface area contributed by atoms with Gasteiger partial charge in [-0.25, -0.2) is 4.39 Å². The molecule has 1 aliphatic heterocycles. The normalized spacial score (nSPS) is 23.6. The Morgan fingerprint density at radius 2 is 2.11 bits per heavy atom. The number of hydrogen-bond acceptors (Lipinski definition) is 3. The molecule has 0 aliphatic carbocycles. The zero-order chi connectivity index (χ0) is 13.0. The minimum Gasteiger partial charge on any atom is -0.303 e. The third-order valence-electron chi connectivity index (χ3n) is 3.29. The van der Waals surface area contributed by atoms with Gasteiger partial charge >= 0.3 is 0 Å². The van der Waals surface area contributed by atoms with Gasteiger partial charge in [-0.05, 0) is 29.9 Å². The lowest BCUT2D eigenvalue weighted by Crippen LogP contribution is -2.32. The summed E-state index contributed by atoms with van der Waals surface area (Å²) in [6, 6.07) is 5.96. The van der Waals surface area contributed by atoms with Gasteiger partial charge in [0.2, 0.25) is 0 Å². The van der Waals surface area contributed by atoms with Crippen LogP contribution in [0.15, 0.2) is 24.3 Å². The zero-order valence-corrected chi connectivity index (χ0v) is 10.8. The Labute approximate surface area is 110 Å². The predicted octanol–water partition coefficient (Wildman–Crippen LogP) is 2.51. The first-order chi connectivity index (χ1) is 8.70. The van der Waals surface area contributed by atoms with Gasteiger partial charge < -0.3 is 4.79 Å². The molecule has 0 spiro atoms. The molecule has 1 aromatic carbocycles. The average molecular weight is 266 g/mol. The molecule has 1 fully saturated rings. The number of thioether (sulfide) groups is 1. The molecule has 96 valence electrons. The van der Waals surface area contributed by atoms with E-state index in [1.54, 1.807) is 23.9 Å². The second-order valence-corrected chi connectivity index (χ2v) is 5.69. The van der Waals surface area contributed by atoms with Crippen molar-refractivity contribution in [2.45, 2.75) is 12.8 Å². The highest BCUT2D eigenvalue weighted by Gasteiger charge is 2.30. The fraction of sp³-hybridized carbons (Fsp3) is 0.429. The van der Waals surface area contributed by atoms with E-state index in [2.05, 4.69) is 0 Å². The molecular formula is C14H15FO2S. The zero-order valence-electron chi connectivity index (χ0n) is 9.97. The number of ketones is 1. The molecular weight excluding hydrogens is 251 g/mol. The summed E-state index contributed by atoms with van der Waals surface area (Å²) in [4.78, 5) is 23.1. The van der Waals surface area contributed by atoms with E-state index in [0.29, 0.717) is 0 Å². The molecule has 0 bridgehead atoms. The molecule has 0 aromatic heterocycles. The second kappa shape index (κ2) is 6.14. The van der Waals surface area contributed by atoms with Crippen molar-refractivity contribution in [2.75, 3.05) is 11.5 Å². The van der Waals surface area contributed by atoms with Crippen LogP contribution in [0, 0.1) is 17.7 Å². The Morgan fingerprint density at radius 1 is 1.39 bits per heavy atom. The van der Waals surface area contributed by atoms with Gasteiger partial charge in [-0.2, -0.15) is 11.8 Å². The number of hydrogen-bond donors (Lipinski definition) is 0. The third kappa shape index (κ3) is 3.19. The van der Waals surface area contributed by atoms with Crippen molar-refractivity contribution in [3.8, 4) is 0 Å². The Kier molecular flexibility index (Phi) is 4.53. The number of halogens is 1. The van der Waals surface area contributed by atoms with Crippen LogP contribution in [-0.2, 0) is 16.0 Å². The second-order valence-electron chi connectivity index (χ2n) is 4.54. The van der Waals surface area contributed by atoms with E-state index in [9.17, 15) is 14.0 Å². The molecule has 1 aliphatic rings. The van der Waals surface area contributed by atoms with Crippen LogP contribution in [-0.4, -0.2) is 23.6 Å². The summed E-state index contributed by atoms with van der Waals surface area (Å²) in [5.74, 6) is 1.15. The van der Waals surface area contributed by atoms with E-state index in [4.69, 9.17) is 0 Å². The Bertz CT molecular complexity index is 430. The van der Waals surface area contributed by atoms with E-state index in [-0.39, 0.29) is 29.9 Å². The number of Topliss-reactive ketones (excluding diaryl/α,β-unsaturated/α-hetero) is 1. The standard InChI is InChI=1S/C14H15FO2S/c15-12-3-1-10(2-4-12)7-14(17)13-9-18-6-5-11(13)8-16/h1-4,8,11,13H,5-7,9H2. The molecule has 2 nitrogen and oxygen atoms in total. The van der Waals surface area contributed by atoms with E-state index >= 15 is 0 Å². The van der Waals surface area contributed by atoms with Crippen molar-refractivity contribution < 1.29 is 14.0 Å². The first-order valence-corrected chi connectivity index (χ1v) is 7.16. The first-order valence-electron chi connectivity index (χ1n) is 6.01. The van der Waals surface area contributed by atoms with Crippen LogP contribution < -0.4 is 0 Å². The van der Waals surface area contributed by atoms with Crippen molar-refractivity contribution in [3.05, 3.63) is 35.6 Å². The van der Waals surface area contributed by atoms with Gasteiger partial charge in [-0.3, -0.25) is 4.79 Å². The highest BCUT2D eigenvalue weighted by atomic mass is 32.2. The van der Waals surface area contributed by atoms with Crippen LogP contribution in [0.1, 0.15) is 12.0 Å². The molecule has 2 rings (SSSR count). The SMILES string of the molecule is O=CC1CCSCC1C(=O)Cc1ccc(F)cc1. The maximum atomic E-state index is 12.8. The van der Waals surface area contributed by atoms with Gasteiger partial charge in [-0.1, -0.05) is 12.1 Å². The summed E-state index contributed by atoms with van der Waals surface area (Å²) in [6.07, 6.45) is 1.98. The largest absolute Gasteiger partial charge is 0.303 e. The minimum absolute atomic E-state index is 0.0888. The number of aldehydes is 1. The van der Waals surface area contributed by atoms with E-state index < -0.39 is 0 Å². The van der Waals surface area contributed by atoms with Gasteiger partial charge in [0.05, 0.1) is 0 Å². The van der Waals surface area contributed by atoms with Gasteiger partial charge in [0.25, 0.3) is 0 Å². The maximum Gasteiger partial charge on any atom is 0.141 e. The molecule has 1 heterocycles. The monoisotopic (exact) mass is 266 g/mol. The molecule has 1 aromatic rings. The number of carbonyl (C=O) groups excluding carboxylic acids is 2. The van der Waals surface area contributed by atoms with Crippen LogP contribution >= 0.6 is 11.8 Å². The summed E-state index contributed by atoms with van der Waals surface area (Å²) in [5, 5.41) is 0. The lowest BCUT2D eigenvalue weighted by Gasteiger charge is -2.26. The molecule has 0 saturated carbocycles. The van der Waals surface area contributed by atoms with E-state index in [0.717, 1.165) is 29.8 Å². The van der Waals surface area contributed by atoms with Crippen molar-refractivity contribution in [1.82, 2.24) is 0 Å². The lowest BCUT2D eigenvalue weighted by molar-refractivity contribution is -0.126. The van der Waals surface area contributed by atoms with Crippen molar-refractivity contribution in [2.24, 2.45) is 11.8 Å². The Balaban J connectivity index is 2.02. The van der Waals surface area contributed by atoms with Crippen LogP contribution in [0.5, 0.6) is 0 Å². The molecule has 2 unspecified atom stereocenters. The first kappa shape index (κ1) is 13.3. The van der Waals surface area contributed by atoms with Crippen LogP contribution in [0.25, 0.3) is 0 Å². The number of benzene rings is 1. The quantitative estimate of drug-likeness (QED) is 0.785. The minimum atomic E-state index is -0.301. The summed E-state index contributed by atoms with van der Waals surface area (Å²) in [6.45, 7) is 0. The van der Waals surface area contributed by atoms with Gasteiger partial charge in [0.15, 0.2) is 0 Å². The number of rotatable bonds is 4. The van der Waals surface area contributed by atoms with Crippen molar-refractivity contribution in [3.63, 3.8) is 0 Å². The van der Waals surface area contributed by atoms with Crippen LogP contribution in [0.4, 0.5) is 4.39 Å². The molecule has 18 heavy (non-hydrogen) atoms. The van der Waals surface area contributed by atoms with E-state index in [1.807, 2.05) is 0 Å². The summed E-state index contributed by atoms with van der Waals surface area (Å²) >= 11 is 1.72. The fourth-order valence-electron chi connectivity index (χ4n) is 2.18. The van der Waals surface area contributed by atoms with E-state index in [1.165, 1.54) is 12.1 Å². The van der Waals surface area contributed by atoms with Gasteiger partial charge in [0, 0.05) is 24.0 Å². The molecule has 2 atom stereocenters. The average Bonchev–Trinajstić information content (AvgIpc) is 2.41. The Morgan fingerprint density at radius 3 is 2.78 bits per heavy atom. The van der Waals surface area contributed by atoms with Gasteiger partial charge in [0.1, 0.15) is 17.9 Å². The number of carbonyl (C=O) groups is 2. The summed E-state index contributed by atoms with van der Waals surface area (Å²) in [5.41, 5.74) is 0.807. The highest BCUT2D eigenvalue weighted by molar-refractivity contribution is 7.99. The molecule has 0 amide bonds. The van der Waals surface area contributed by atoms with Crippen molar-refractivity contribution in [1.29, 1.82) is 0 Å². The van der Waals surface area contributed by atoms with Crippen LogP contribution in [0.2, 0.25) is 0 Å². The van der Waals surface area contributed by atoms with Crippen molar-refractivity contribution >= 4 is 23.8 Å². The molecule has 1 saturated heterocycles. The predicted molar refractivity (Wildman–Crippen MR) is 70.1 cm³/mol. The third-order valence-corrected chi connectivity index (χ3v) is 4.41. The summed E-state index contributed by atoms with van der Waals surface area (Å²) in [7, 11) is 0. The topological polar surface area (TPSA) is 34.1 Å². The van der Waals surface area contributed by atoms with Crippen LogP contribution in [0.3, 0.4) is 0 Å². The highest BCUT2D eigenvalue weighted by Crippen LogP contribution is 2.28. The van der Waals surface area contributed by atoms with Gasteiger partial charge in [-0.15, -0.1) is 0 Å². The molecule has 4 heteroatoms. The summed E-state index contributed by atoms with van der Waals surface area (Å²) < 4.78 is 12.8. The Hall–Kier alpha value is -1.16. The maximum absolute atomic E-state index is 12.8. The molecule has 0 radical (unpaired) electrons. The molecule has 0 N–H and O–H groups in total.